The Kier molecular flexibility index (Phi) is 3.99. The zero-order chi connectivity index (χ0) is 14.7. The van der Waals surface area contributed by atoms with Gasteiger partial charge in [-0.2, -0.15) is 15.0 Å². The SMILES string of the molecule is Cc1cccc(Oc2nc(NN)nc(N(C)C)n2)c1C. The number of nitrogens with one attached hydrogen (secondary N) is 1. The van der Waals surface area contributed by atoms with Crippen molar-refractivity contribution < 1.29 is 4.74 Å². The van der Waals surface area contributed by atoms with Crippen molar-refractivity contribution in [1.82, 2.24) is 15.0 Å². The van der Waals surface area contributed by atoms with Crippen LogP contribution < -0.4 is 20.9 Å². The number of aryl methyl sites for hydroxylation is 1. The Labute approximate surface area is 117 Å². The van der Waals surface area contributed by atoms with Gasteiger partial charge in [-0.25, -0.2) is 5.84 Å². The van der Waals surface area contributed by atoms with Crippen molar-refractivity contribution in [2.24, 2.45) is 5.84 Å². The predicted octanol–water partition coefficient (Wildman–Crippen LogP) is 1.63. The fourth-order valence-corrected chi connectivity index (χ4v) is 1.59. The lowest BCUT2D eigenvalue weighted by molar-refractivity contribution is 0.437. The van der Waals surface area contributed by atoms with Crippen LogP contribution in [0.4, 0.5) is 11.9 Å². The molecule has 1 heterocycles. The van der Waals surface area contributed by atoms with Crippen molar-refractivity contribution in [3.8, 4) is 11.8 Å². The van der Waals surface area contributed by atoms with E-state index in [1.807, 2.05) is 46.1 Å². The summed E-state index contributed by atoms with van der Waals surface area (Å²) in [4.78, 5) is 14.2. The van der Waals surface area contributed by atoms with Crippen LogP contribution in [0.15, 0.2) is 18.2 Å². The average Bonchev–Trinajstić information content (AvgIpc) is 2.43. The summed E-state index contributed by atoms with van der Waals surface area (Å²) in [5.41, 5.74) is 4.59. The van der Waals surface area contributed by atoms with Gasteiger partial charge in [-0.3, -0.25) is 5.43 Å². The van der Waals surface area contributed by atoms with Crippen LogP contribution in [-0.2, 0) is 0 Å². The Balaban J connectivity index is 2.37. The molecule has 0 aliphatic carbocycles. The molecule has 0 unspecified atom stereocenters. The molecule has 1 aromatic heterocycles. The van der Waals surface area contributed by atoms with Crippen molar-refractivity contribution in [1.29, 1.82) is 0 Å². The van der Waals surface area contributed by atoms with Crippen LogP contribution in [0, 0.1) is 13.8 Å². The minimum Gasteiger partial charge on any atom is -0.424 e. The third kappa shape index (κ3) is 2.94. The minimum atomic E-state index is 0.199. The molecule has 2 aromatic rings. The first-order valence-electron chi connectivity index (χ1n) is 6.15. The molecule has 0 radical (unpaired) electrons. The summed E-state index contributed by atoms with van der Waals surface area (Å²) in [6.07, 6.45) is 0. The summed E-state index contributed by atoms with van der Waals surface area (Å²) in [6.45, 7) is 4.01. The zero-order valence-corrected chi connectivity index (χ0v) is 12.0. The van der Waals surface area contributed by atoms with E-state index in [9.17, 15) is 0 Å². The molecule has 7 heteroatoms. The lowest BCUT2D eigenvalue weighted by Crippen LogP contribution is -2.17. The van der Waals surface area contributed by atoms with E-state index in [2.05, 4.69) is 20.4 Å². The quantitative estimate of drug-likeness (QED) is 0.647. The van der Waals surface area contributed by atoms with Gasteiger partial charge in [0.2, 0.25) is 11.9 Å². The summed E-state index contributed by atoms with van der Waals surface area (Å²) in [7, 11) is 3.66. The third-order valence-corrected chi connectivity index (χ3v) is 2.89. The van der Waals surface area contributed by atoms with Crippen LogP contribution in [0.2, 0.25) is 0 Å². The number of hydrazine groups is 1. The maximum atomic E-state index is 5.74. The van der Waals surface area contributed by atoms with E-state index in [-0.39, 0.29) is 12.0 Å². The van der Waals surface area contributed by atoms with Crippen molar-refractivity contribution in [2.45, 2.75) is 13.8 Å². The predicted molar refractivity (Wildman–Crippen MR) is 78.0 cm³/mol. The molecule has 3 N–H and O–H groups in total. The maximum Gasteiger partial charge on any atom is 0.328 e. The Hall–Kier alpha value is -2.41. The van der Waals surface area contributed by atoms with Gasteiger partial charge in [-0.1, -0.05) is 12.1 Å². The van der Waals surface area contributed by atoms with E-state index in [1.165, 1.54) is 0 Å². The fraction of sp³-hybridized carbons (Fsp3) is 0.308. The number of rotatable bonds is 4. The lowest BCUT2D eigenvalue weighted by atomic mass is 10.1. The Morgan fingerprint density at radius 1 is 1.15 bits per heavy atom. The van der Waals surface area contributed by atoms with Gasteiger partial charge in [0.05, 0.1) is 0 Å². The first-order valence-corrected chi connectivity index (χ1v) is 6.15. The first kappa shape index (κ1) is 14.0. The van der Waals surface area contributed by atoms with Gasteiger partial charge in [0.1, 0.15) is 5.75 Å². The van der Waals surface area contributed by atoms with E-state index < -0.39 is 0 Å². The van der Waals surface area contributed by atoms with Crippen molar-refractivity contribution in [3.05, 3.63) is 29.3 Å². The molecule has 0 bridgehead atoms. The highest BCUT2D eigenvalue weighted by atomic mass is 16.5. The smallest absolute Gasteiger partial charge is 0.328 e. The van der Waals surface area contributed by atoms with Gasteiger partial charge in [0.25, 0.3) is 0 Å². The van der Waals surface area contributed by atoms with E-state index in [1.54, 1.807) is 4.90 Å². The van der Waals surface area contributed by atoms with Crippen LogP contribution in [0.3, 0.4) is 0 Å². The van der Waals surface area contributed by atoms with Gasteiger partial charge < -0.3 is 9.64 Å². The monoisotopic (exact) mass is 274 g/mol. The van der Waals surface area contributed by atoms with Crippen LogP contribution in [0.5, 0.6) is 11.8 Å². The van der Waals surface area contributed by atoms with E-state index >= 15 is 0 Å². The number of nitrogen functional groups attached to an aromatic ring is 1. The van der Waals surface area contributed by atoms with Gasteiger partial charge in [-0.15, -0.1) is 0 Å². The molecule has 106 valence electrons. The number of nitrogens with zero attached hydrogens (tertiary/aromatic N) is 4. The normalized spacial score (nSPS) is 10.2. The Morgan fingerprint density at radius 2 is 1.90 bits per heavy atom. The van der Waals surface area contributed by atoms with Crippen LogP contribution in [0.25, 0.3) is 0 Å². The van der Waals surface area contributed by atoms with Crippen molar-refractivity contribution in [2.75, 3.05) is 24.4 Å². The fourth-order valence-electron chi connectivity index (χ4n) is 1.59. The standard InChI is InChI=1S/C13H18N6O/c1-8-6-5-7-10(9(8)2)20-13-16-11(18-14)15-12(17-13)19(3)4/h5-7H,14H2,1-4H3,(H,15,16,17,18). The Bertz CT molecular complexity index is 614. The minimum absolute atomic E-state index is 0.199. The molecule has 0 aliphatic rings. The van der Waals surface area contributed by atoms with Gasteiger partial charge in [0, 0.05) is 14.1 Å². The summed E-state index contributed by atoms with van der Waals surface area (Å²) in [6, 6.07) is 6.02. The molecule has 7 nitrogen and oxygen atoms in total. The molecule has 0 saturated carbocycles. The van der Waals surface area contributed by atoms with E-state index in [0.29, 0.717) is 11.7 Å². The molecule has 0 aliphatic heterocycles. The van der Waals surface area contributed by atoms with E-state index in [0.717, 1.165) is 11.1 Å². The largest absolute Gasteiger partial charge is 0.424 e. The van der Waals surface area contributed by atoms with Crippen LogP contribution >= 0.6 is 0 Å². The number of hydrogen-bond acceptors (Lipinski definition) is 7. The highest BCUT2D eigenvalue weighted by Crippen LogP contribution is 2.25. The summed E-state index contributed by atoms with van der Waals surface area (Å²) in [5.74, 6) is 6.79. The molecule has 0 saturated heterocycles. The molecule has 0 atom stereocenters. The maximum absolute atomic E-state index is 5.74. The van der Waals surface area contributed by atoms with Crippen molar-refractivity contribution in [3.63, 3.8) is 0 Å². The second kappa shape index (κ2) is 5.70. The second-order valence-corrected chi connectivity index (χ2v) is 4.58. The van der Waals surface area contributed by atoms with Gasteiger partial charge in [-0.05, 0) is 31.0 Å². The molecule has 0 amide bonds. The molecule has 0 spiro atoms. The first-order chi connectivity index (χ1) is 9.51. The second-order valence-electron chi connectivity index (χ2n) is 4.58. The molecule has 20 heavy (non-hydrogen) atoms. The van der Waals surface area contributed by atoms with Crippen molar-refractivity contribution >= 4 is 11.9 Å². The lowest BCUT2D eigenvalue weighted by Gasteiger charge is -2.13. The topological polar surface area (TPSA) is 89.2 Å². The third-order valence-electron chi connectivity index (χ3n) is 2.89. The summed E-state index contributed by atoms with van der Waals surface area (Å²) < 4.78 is 5.74. The highest BCUT2D eigenvalue weighted by Gasteiger charge is 2.11. The van der Waals surface area contributed by atoms with Crippen LogP contribution in [-0.4, -0.2) is 29.0 Å². The van der Waals surface area contributed by atoms with Crippen LogP contribution in [0.1, 0.15) is 11.1 Å². The average molecular weight is 274 g/mol. The Morgan fingerprint density at radius 3 is 2.55 bits per heavy atom. The number of nitrogens with two attached hydrogens (primary N) is 1. The molecule has 2 rings (SSSR count). The number of benzene rings is 1. The summed E-state index contributed by atoms with van der Waals surface area (Å²) in [5, 5.41) is 0. The zero-order valence-electron chi connectivity index (χ0n) is 12.0. The number of aromatic nitrogens is 3. The number of ether oxygens (including phenoxy) is 1. The van der Waals surface area contributed by atoms with Gasteiger partial charge in [0.15, 0.2) is 0 Å². The molecular weight excluding hydrogens is 256 g/mol. The molecular formula is C13H18N6O. The highest BCUT2D eigenvalue weighted by molar-refractivity contribution is 5.41. The molecule has 0 fully saturated rings. The van der Waals surface area contributed by atoms with Gasteiger partial charge >= 0.3 is 6.01 Å². The number of anilines is 2. The summed E-state index contributed by atoms with van der Waals surface area (Å²) >= 11 is 0. The van der Waals surface area contributed by atoms with E-state index in [4.69, 9.17) is 10.6 Å². The number of hydrogen-bond donors (Lipinski definition) is 2. The molecule has 1 aromatic carbocycles.